The molecule has 0 spiro atoms. The van der Waals surface area contributed by atoms with Crippen LogP contribution in [0.1, 0.15) is 54.9 Å². The van der Waals surface area contributed by atoms with Crippen molar-refractivity contribution in [2.24, 2.45) is 0 Å². The maximum Gasteiger partial charge on any atom is 0.338 e. The quantitative estimate of drug-likeness (QED) is 0.349. The Morgan fingerprint density at radius 2 is 1.87 bits per heavy atom. The molecule has 0 aliphatic carbocycles. The van der Waals surface area contributed by atoms with Crippen molar-refractivity contribution in [2.75, 3.05) is 32.0 Å². The summed E-state index contributed by atoms with van der Waals surface area (Å²) in [6.45, 7) is 5.20. The molecule has 0 amide bonds. The number of benzene rings is 2. The molecule has 0 saturated carbocycles. The zero-order valence-electron chi connectivity index (χ0n) is 18.0. The molecule has 3 rings (SSSR count). The standard InChI is InChI=1S/C25H34N2O3/c1-2-3-16-29-24-18-21(12-13-23(24)26)25(28)30-19-22(27-14-8-5-9-15-27)17-20-10-6-4-7-11-20/h4,6-7,10-13,18,22H,2-3,5,8-9,14-17,19,26H2,1H3/t22-/m0/s1. The number of hydrogen-bond acceptors (Lipinski definition) is 5. The van der Waals surface area contributed by atoms with Gasteiger partial charge in [-0.1, -0.05) is 50.1 Å². The number of nitrogens with two attached hydrogens (primary N) is 1. The largest absolute Gasteiger partial charge is 0.491 e. The molecule has 162 valence electrons. The van der Waals surface area contributed by atoms with Gasteiger partial charge in [0, 0.05) is 6.04 Å². The number of carbonyl (C=O) groups is 1. The summed E-state index contributed by atoms with van der Waals surface area (Å²) in [6, 6.07) is 15.7. The average molecular weight is 411 g/mol. The molecule has 1 fully saturated rings. The maximum absolute atomic E-state index is 12.7. The van der Waals surface area contributed by atoms with E-state index in [2.05, 4.69) is 36.1 Å². The Morgan fingerprint density at radius 3 is 2.60 bits per heavy atom. The number of esters is 1. The molecule has 30 heavy (non-hydrogen) atoms. The van der Waals surface area contributed by atoms with Crippen molar-refractivity contribution >= 4 is 11.7 Å². The Hall–Kier alpha value is -2.53. The van der Waals surface area contributed by atoms with Crippen molar-refractivity contribution in [2.45, 2.75) is 51.5 Å². The normalized spacial score (nSPS) is 15.5. The molecular weight excluding hydrogens is 376 g/mol. The van der Waals surface area contributed by atoms with Gasteiger partial charge in [-0.15, -0.1) is 0 Å². The molecular formula is C25H34N2O3. The molecule has 1 aliphatic rings. The molecule has 5 heteroatoms. The van der Waals surface area contributed by atoms with Crippen LogP contribution in [0.15, 0.2) is 48.5 Å². The van der Waals surface area contributed by atoms with E-state index < -0.39 is 0 Å². The van der Waals surface area contributed by atoms with Gasteiger partial charge in [0.2, 0.25) is 0 Å². The summed E-state index contributed by atoms with van der Waals surface area (Å²) >= 11 is 0. The van der Waals surface area contributed by atoms with Gasteiger partial charge in [0.1, 0.15) is 12.4 Å². The summed E-state index contributed by atoms with van der Waals surface area (Å²) in [6.07, 6.45) is 6.55. The Labute approximate surface area is 180 Å². The minimum Gasteiger partial charge on any atom is -0.491 e. The molecule has 0 aromatic heterocycles. The molecule has 2 aromatic carbocycles. The van der Waals surface area contributed by atoms with Crippen LogP contribution in [0.2, 0.25) is 0 Å². The zero-order valence-corrected chi connectivity index (χ0v) is 18.0. The van der Waals surface area contributed by atoms with E-state index in [1.54, 1.807) is 18.2 Å². The second kappa shape index (κ2) is 11.6. The Bertz CT molecular complexity index is 788. The fourth-order valence-electron chi connectivity index (χ4n) is 3.83. The number of piperidine rings is 1. The van der Waals surface area contributed by atoms with Gasteiger partial charge in [-0.05, 0) is 62.5 Å². The van der Waals surface area contributed by atoms with Crippen LogP contribution in [0.4, 0.5) is 5.69 Å². The topological polar surface area (TPSA) is 64.8 Å². The highest BCUT2D eigenvalue weighted by molar-refractivity contribution is 5.90. The highest BCUT2D eigenvalue weighted by atomic mass is 16.5. The minimum absolute atomic E-state index is 0.186. The van der Waals surface area contributed by atoms with Crippen molar-refractivity contribution in [3.8, 4) is 5.75 Å². The summed E-state index contributed by atoms with van der Waals surface area (Å²) in [5, 5.41) is 0. The number of nitrogens with zero attached hydrogens (tertiary/aromatic N) is 1. The van der Waals surface area contributed by atoms with Gasteiger partial charge in [-0.2, -0.15) is 0 Å². The van der Waals surface area contributed by atoms with Gasteiger partial charge < -0.3 is 15.2 Å². The highest BCUT2D eigenvalue weighted by Gasteiger charge is 2.23. The van der Waals surface area contributed by atoms with Crippen molar-refractivity contribution in [3.05, 3.63) is 59.7 Å². The first kappa shape index (κ1) is 22.2. The number of ether oxygens (including phenoxy) is 2. The fraction of sp³-hybridized carbons (Fsp3) is 0.480. The summed E-state index contributed by atoms with van der Waals surface area (Å²) < 4.78 is 11.5. The molecule has 1 saturated heterocycles. The number of rotatable bonds is 10. The summed E-state index contributed by atoms with van der Waals surface area (Å²) in [4.78, 5) is 15.2. The molecule has 2 N–H and O–H groups in total. The van der Waals surface area contributed by atoms with E-state index in [-0.39, 0.29) is 12.0 Å². The van der Waals surface area contributed by atoms with Crippen LogP contribution in [0.5, 0.6) is 5.75 Å². The van der Waals surface area contributed by atoms with Gasteiger partial charge >= 0.3 is 5.97 Å². The van der Waals surface area contributed by atoms with Crippen LogP contribution in [0, 0.1) is 0 Å². The number of likely N-dealkylation sites (tertiary alicyclic amines) is 1. The van der Waals surface area contributed by atoms with E-state index in [0.29, 0.717) is 30.2 Å². The minimum atomic E-state index is -0.328. The Balaban J connectivity index is 1.63. The predicted octanol–water partition coefficient (Wildman–Crippen LogP) is 4.70. The molecule has 0 bridgehead atoms. The van der Waals surface area contributed by atoms with Crippen LogP contribution >= 0.6 is 0 Å². The second-order valence-corrected chi connectivity index (χ2v) is 7.99. The van der Waals surface area contributed by atoms with E-state index >= 15 is 0 Å². The summed E-state index contributed by atoms with van der Waals surface area (Å²) in [5.41, 5.74) is 8.28. The van der Waals surface area contributed by atoms with Crippen molar-refractivity contribution < 1.29 is 14.3 Å². The number of nitrogen functional groups attached to an aromatic ring is 1. The van der Waals surface area contributed by atoms with Crippen molar-refractivity contribution in [1.29, 1.82) is 0 Å². The van der Waals surface area contributed by atoms with Crippen LogP contribution in [-0.2, 0) is 11.2 Å². The van der Waals surface area contributed by atoms with E-state index in [1.807, 2.05) is 6.07 Å². The molecule has 2 aromatic rings. The molecule has 5 nitrogen and oxygen atoms in total. The third-order valence-corrected chi connectivity index (χ3v) is 5.63. The predicted molar refractivity (Wildman–Crippen MR) is 121 cm³/mol. The van der Waals surface area contributed by atoms with Gasteiger partial charge in [0.15, 0.2) is 0 Å². The SMILES string of the molecule is CCCCOc1cc(C(=O)OC[C@H](Cc2ccccc2)N2CCCCC2)ccc1N. The lowest BCUT2D eigenvalue weighted by molar-refractivity contribution is 0.0320. The number of unbranched alkanes of at least 4 members (excludes halogenated alkanes) is 1. The van der Waals surface area contributed by atoms with Gasteiger partial charge in [-0.3, -0.25) is 4.90 Å². The van der Waals surface area contributed by atoms with Gasteiger partial charge in [-0.25, -0.2) is 4.79 Å². The zero-order chi connectivity index (χ0) is 21.2. The lowest BCUT2D eigenvalue weighted by atomic mass is 10.0. The molecule has 0 radical (unpaired) electrons. The highest BCUT2D eigenvalue weighted by Crippen LogP contribution is 2.24. The summed E-state index contributed by atoms with van der Waals surface area (Å²) in [5.74, 6) is 0.222. The first-order valence-corrected chi connectivity index (χ1v) is 11.1. The number of anilines is 1. The van der Waals surface area contributed by atoms with E-state index in [1.165, 1.54) is 24.8 Å². The monoisotopic (exact) mass is 410 g/mol. The van der Waals surface area contributed by atoms with Gasteiger partial charge in [0.25, 0.3) is 0 Å². The van der Waals surface area contributed by atoms with E-state index in [0.717, 1.165) is 32.4 Å². The Morgan fingerprint density at radius 1 is 1.10 bits per heavy atom. The van der Waals surface area contributed by atoms with Crippen molar-refractivity contribution in [1.82, 2.24) is 4.90 Å². The average Bonchev–Trinajstić information content (AvgIpc) is 2.79. The fourth-order valence-corrected chi connectivity index (χ4v) is 3.83. The lowest BCUT2D eigenvalue weighted by Crippen LogP contribution is -2.43. The number of carbonyl (C=O) groups excluding carboxylic acids is 1. The van der Waals surface area contributed by atoms with E-state index in [4.69, 9.17) is 15.2 Å². The molecule has 0 unspecified atom stereocenters. The van der Waals surface area contributed by atoms with Crippen LogP contribution in [0.25, 0.3) is 0 Å². The number of hydrogen-bond donors (Lipinski definition) is 1. The second-order valence-electron chi connectivity index (χ2n) is 7.99. The van der Waals surface area contributed by atoms with Crippen molar-refractivity contribution in [3.63, 3.8) is 0 Å². The third-order valence-electron chi connectivity index (χ3n) is 5.63. The Kier molecular flexibility index (Phi) is 8.57. The molecule has 1 aliphatic heterocycles. The molecule has 1 heterocycles. The summed E-state index contributed by atoms with van der Waals surface area (Å²) in [7, 11) is 0. The maximum atomic E-state index is 12.7. The first-order chi connectivity index (χ1) is 14.7. The van der Waals surface area contributed by atoms with Gasteiger partial charge in [0.05, 0.1) is 17.9 Å². The third kappa shape index (κ3) is 6.49. The smallest absolute Gasteiger partial charge is 0.338 e. The van der Waals surface area contributed by atoms with E-state index in [9.17, 15) is 4.79 Å². The molecule has 1 atom stereocenters. The van der Waals surface area contributed by atoms with Crippen LogP contribution in [-0.4, -0.2) is 43.2 Å². The van der Waals surface area contributed by atoms with Crippen LogP contribution < -0.4 is 10.5 Å². The first-order valence-electron chi connectivity index (χ1n) is 11.1. The lowest BCUT2D eigenvalue weighted by Gasteiger charge is -2.34. The van der Waals surface area contributed by atoms with Crippen LogP contribution in [0.3, 0.4) is 0 Å².